The van der Waals surface area contributed by atoms with Crippen molar-refractivity contribution >= 4 is 22.3 Å². The number of sulfonamides is 1. The van der Waals surface area contributed by atoms with Crippen LogP contribution in [0.2, 0.25) is 0 Å². The molecule has 3 rings (SSSR count). The molecule has 0 saturated carbocycles. The molecular weight excluding hydrogens is 407 g/mol. The van der Waals surface area contributed by atoms with Crippen LogP contribution in [-0.4, -0.2) is 44.8 Å². The van der Waals surface area contributed by atoms with Gasteiger partial charge in [0.15, 0.2) is 0 Å². The van der Waals surface area contributed by atoms with Crippen molar-refractivity contribution in [1.29, 1.82) is 0 Å². The summed E-state index contributed by atoms with van der Waals surface area (Å²) in [7, 11) is -3.56. The fourth-order valence-electron chi connectivity index (χ4n) is 3.01. The van der Waals surface area contributed by atoms with Gasteiger partial charge in [0.25, 0.3) is 10.0 Å². The average Bonchev–Trinajstić information content (AvgIpc) is 2.51. The molecule has 2 heterocycles. The van der Waals surface area contributed by atoms with Crippen LogP contribution in [0.25, 0.3) is 0 Å². The third kappa shape index (κ3) is 4.15. The molecule has 0 aromatic heterocycles. The normalized spacial score (nSPS) is 21.9. The number of nitrogens with zero attached hydrogens (tertiary/aromatic N) is 2. The van der Waals surface area contributed by atoms with Gasteiger partial charge in [0.2, 0.25) is 0 Å². The topological polar surface area (TPSA) is 102 Å². The molecule has 1 unspecified atom stereocenters. The van der Waals surface area contributed by atoms with Crippen LogP contribution in [0.15, 0.2) is 22.6 Å². The molecule has 1 aromatic carbocycles. The summed E-state index contributed by atoms with van der Waals surface area (Å²) in [6, 6.07) is 5.14. The molecule has 127 valence electrons. The van der Waals surface area contributed by atoms with E-state index in [0.717, 1.165) is 19.3 Å². The molecule has 1 fully saturated rings. The molecule has 2 aliphatic rings. The summed E-state index contributed by atoms with van der Waals surface area (Å²) in [5.74, 6) is 0.261. The number of amidine groups is 1. The second-order valence-corrected chi connectivity index (χ2v) is 7.37. The summed E-state index contributed by atoms with van der Waals surface area (Å²) in [6.45, 7) is 1.01. The van der Waals surface area contributed by atoms with Crippen LogP contribution in [-0.2, 0) is 53.3 Å². The quantitative estimate of drug-likeness (QED) is 0.710. The predicted molar refractivity (Wildman–Crippen MR) is 85.3 cm³/mol. The Labute approximate surface area is 166 Å². The van der Waals surface area contributed by atoms with E-state index in [4.69, 9.17) is 10.5 Å². The van der Waals surface area contributed by atoms with E-state index in [2.05, 4.69) is 4.40 Å². The Morgan fingerprint density at radius 1 is 1.38 bits per heavy atom. The Balaban J connectivity index is 0.00000208. The molecule has 0 aliphatic carbocycles. The zero-order chi connectivity index (χ0) is 16.4. The summed E-state index contributed by atoms with van der Waals surface area (Å²) < 4.78 is 32.7. The first-order valence-electron chi connectivity index (χ1n) is 7.48. The average molecular weight is 425 g/mol. The van der Waals surface area contributed by atoms with Crippen LogP contribution in [0.1, 0.15) is 30.4 Å². The zero-order valence-electron chi connectivity index (χ0n) is 13.1. The molecule has 1 radical (unpaired) electrons. The van der Waals surface area contributed by atoms with Gasteiger partial charge in [-0.3, -0.25) is 0 Å². The van der Waals surface area contributed by atoms with Gasteiger partial charge in [-0.15, -0.1) is 4.40 Å². The smallest absolute Gasteiger partial charge is 0.259 e. The maximum atomic E-state index is 11.7. The van der Waals surface area contributed by atoms with Crippen molar-refractivity contribution in [2.75, 3.05) is 13.2 Å². The molecule has 24 heavy (non-hydrogen) atoms. The van der Waals surface area contributed by atoms with E-state index in [0.29, 0.717) is 30.0 Å². The third-order valence-corrected chi connectivity index (χ3v) is 5.27. The Hall–Kier alpha value is -0.986. The molecule has 7 nitrogen and oxygen atoms in total. The number of amides is 1. The zero-order valence-corrected chi connectivity index (χ0v) is 16.8. The molecule has 0 bridgehead atoms. The number of carbonyl (C=O) groups excluding carboxylic acids is 1. The van der Waals surface area contributed by atoms with Crippen LogP contribution < -0.4 is 10.5 Å². The van der Waals surface area contributed by atoms with Gasteiger partial charge in [0.1, 0.15) is 18.2 Å². The maximum absolute atomic E-state index is 11.7. The largest absolute Gasteiger partial charge is 0.520 e. The van der Waals surface area contributed by atoms with Crippen molar-refractivity contribution in [3.05, 3.63) is 29.3 Å². The molecule has 0 spiro atoms. The van der Waals surface area contributed by atoms with Gasteiger partial charge in [-0.05, 0) is 37.4 Å². The second-order valence-electron chi connectivity index (χ2n) is 5.74. The number of rotatable bonds is 4. The third-order valence-electron chi connectivity index (χ3n) is 4.12. The Bertz CT molecular complexity index is 751. The van der Waals surface area contributed by atoms with Gasteiger partial charge in [0, 0.05) is 38.8 Å². The Kier molecular flexibility index (Phi) is 6.39. The van der Waals surface area contributed by atoms with Crippen LogP contribution in [0.3, 0.4) is 0 Å². The second kappa shape index (κ2) is 7.93. The maximum Gasteiger partial charge on any atom is 0.259 e. The van der Waals surface area contributed by atoms with Gasteiger partial charge < -0.3 is 20.2 Å². The van der Waals surface area contributed by atoms with Gasteiger partial charge in [0.05, 0.1) is 11.3 Å². The first-order valence-corrected chi connectivity index (χ1v) is 9.09. The standard InChI is InChI=1S/C15H18N3O4S.Y/c16-15-14-11(9-23(20,21)17-15)4-3-6-13(14)22-8-12-5-1-2-7-18(12)10-19;/h3-4,6,12H,1-2,5,7-9H2,(H2,16,17);/q-1;. The fraction of sp³-hybridized carbons (Fsp3) is 0.467. The Morgan fingerprint density at radius 3 is 2.92 bits per heavy atom. The van der Waals surface area contributed by atoms with Gasteiger partial charge in [-0.1, -0.05) is 12.1 Å². The molecule has 1 saturated heterocycles. The van der Waals surface area contributed by atoms with Crippen LogP contribution in [0.4, 0.5) is 0 Å². The van der Waals surface area contributed by atoms with Gasteiger partial charge in [-0.2, -0.15) is 6.41 Å². The van der Waals surface area contributed by atoms with Crippen molar-refractivity contribution in [3.8, 4) is 5.75 Å². The summed E-state index contributed by atoms with van der Waals surface area (Å²) in [5.41, 5.74) is 6.91. The van der Waals surface area contributed by atoms with E-state index < -0.39 is 10.0 Å². The summed E-state index contributed by atoms with van der Waals surface area (Å²) in [6.07, 6.45) is 4.83. The SMILES string of the molecule is NC1=NS(=O)(=O)Cc2cccc(OCC3CCCCN3[C-]=O)c21.[Y]. The Morgan fingerprint density at radius 2 is 2.17 bits per heavy atom. The molecule has 9 heteroatoms. The summed E-state index contributed by atoms with van der Waals surface area (Å²) >= 11 is 0. The van der Waals surface area contributed by atoms with E-state index in [-0.39, 0.29) is 50.3 Å². The van der Waals surface area contributed by atoms with Crippen molar-refractivity contribution in [2.45, 2.75) is 31.1 Å². The van der Waals surface area contributed by atoms with Gasteiger partial charge >= 0.3 is 0 Å². The summed E-state index contributed by atoms with van der Waals surface area (Å²) in [5, 5.41) is 0. The van der Waals surface area contributed by atoms with E-state index >= 15 is 0 Å². The number of benzene rings is 1. The van der Waals surface area contributed by atoms with Crippen molar-refractivity contribution in [3.63, 3.8) is 0 Å². The molecule has 2 aliphatic heterocycles. The monoisotopic (exact) mass is 425 g/mol. The van der Waals surface area contributed by atoms with Crippen LogP contribution in [0.5, 0.6) is 5.75 Å². The van der Waals surface area contributed by atoms with Crippen molar-refractivity contribution in [2.24, 2.45) is 10.1 Å². The van der Waals surface area contributed by atoms with Crippen LogP contribution in [0, 0.1) is 0 Å². The summed E-state index contributed by atoms with van der Waals surface area (Å²) in [4.78, 5) is 12.6. The molecule has 1 amide bonds. The van der Waals surface area contributed by atoms with Gasteiger partial charge in [-0.25, -0.2) is 8.42 Å². The predicted octanol–water partition coefficient (Wildman–Crippen LogP) is 0.533. The molecule has 2 N–H and O–H groups in total. The number of hydrogen-bond donors (Lipinski definition) is 1. The van der Waals surface area contributed by atoms with Crippen LogP contribution >= 0.6 is 0 Å². The number of ether oxygens (including phenoxy) is 1. The number of likely N-dealkylation sites (tertiary alicyclic amines) is 1. The van der Waals surface area contributed by atoms with E-state index in [9.17, 15) is 13.2 Å². The molecular formula is C15H18N3O4SY-. The van der Waals surface area contributed by atoms with E-state index in [1.165, 1.54) is 0 Å². The minimum Gasteiger partial charge on any atom is -0.520 e. The number of hydrogen-bond acceptors (Lipinski definition) is 5. The van der Waals surface area contributed by atoms with Crippen molar-refractivity contribution < 1.29 is 50.7 Å². The first kappa shape index (κ1) is 19.3. The minimum atomic E-state index is -3.56. The minimum absolute atomic E-state index is 0. The van der Waals surface area contributed by atoms with E-state index in [1.54, 1.807) is 23.1 Å². The number of piperidine rings is 1. The molecule has 1 atom stereocenters. The fourth-order valence-corrected chi connectivity index (χ4v) is 4.10. The van der Waals surface area contributed by atoms with Crippen molar-refractivity contribution in [1.82, 2.24) is 4.90 Å². The number of fused-ring (bicyclic) bond motifs is 1. The first-order chi connectivity index (χ1) is 11.0. The van der Waals surface area contributed by atoms with E-state index in [1.807, 2.05) is 6.41 Å². The molecule has 1 aromatic rings. The number of nitrogens with two attached hydrogens (primary N) is 1.